The first kappa shape index (κ1) is 25.8. The molecule has 1 heterocycles. The van der Waals surface area contributed by atoms with Crippen LogP contribution < -0.4 is 5.32 Å². The highest BCUT2D eigenvalue weighted by Gasteiger charge is 2.25. The number of nitrogens with one attached hydrogen (secondary N) is 1. The molecule has 0 aliphatic carbocycles. The van der Waals surface area contributed by atoms with Gasteiger partial charge >= 0.3 is 5.97 Å². The molecule has 0 saturated carbocycles. The van der Waals surface area contributed by atoms with Crippen LogP contribution in [0.3, 0.4) is 0 Å². The molecular weight excluding hydrogens is 444 g/mol. The summed E-state index contributed by atoms with van der Waals surface area (Å²) in [7, 11) is 1.71. The monoisotopic (exact) mass is 480 g/mol. The molecule has 5 nitrogen and oxygen atoms in total. The molecule has 0 saturated heterocycles. The zero-order valence-corrected chi connectivity index (χ0v) is 21.7. The first-order valence-corrected chi connectivity index (χ1v) is 13.0. The molecule has 0 aliphatic rings. The molecular formula is C28H36N2O3S. The largest absolute Gasteiger partial charge is 0.466 e. The van der Waals surface area contributed by atoms with Crippen molar-refractivity contribution >= 4 is 39.0 Å². The standard InChI is InChI=1S/C28H36N2O3S/c1-6-20(7-2)26(27-19(4)23-11-9-10-12-24(23)34-27)29-22-15-13-21(14-16-22)28(32)30(5)18-17-25(31)33-8-3/h9-16,20,26,29H,6-8,17-18H2,1-5H3. The number of benzene rings is 2. The minimum absolute atomic E-state index is 0.104. The fraction of sp³-hybridized carbons (Fsp3) is 0.429. The summed E-state index contributed by atoms with van der Waals surface area (Å²) >= 11 is 1.87. The maximum Gasteiger partial charge on any atom is 0.307 e. The second-order valence-electron chi connectivity index (χ2n) is 8.65. The van der Waals surface area contributed by atoms with Gasteiger partial charge in [0.25, 0.3) is 5.91 Å². The van der Waals surface area contributed by atoms with Crippen LogP contribution in [0.15, 0.2) is 48.5 Å². The molecule has 1 N–H and O–H groups in total. The molecule has 0 radical (unpaired) electrons. The van der Waals surface area contributed by atoms with Crippen molar-refractivity contribution in [3.8, 4) is 0 Å². The molecule has 6 heteroatoms. The maximum atomic E-state index is 12.8. The fourth-order valence-corrected chi connectivity index (χ4v) is 5.71. The van der Waals surface area contributed by atoms with Gasteiger partial charge in [0.2, 0.25) is 0 Å². The van der Waals surface area contributed by atoms with Crippen molar-refractivity contribution in [2.45, 2.75) is 53.0 Å². The molecule has 34 heavy (non-hydrogen) atoms. The summed E-state index contributed by atoms with van der Waals surface area (Å²) in [6.45, 7) is 9.18. The quantitative estimate of drug-likeness (QED) is 0.306. The third-order valence-corrected chi connectivity index (χ3v) is 7.80. The lowest BCUT2D eigenvalue weighted by molar-refractivity contribution is -0.143. The van der Waals surface area contributed by atoms with Gasteiger partial charge in [-0.3, -0.25) is 9.59 Å². The number of aryl methyl sites for hydroxylation is 1. The SMILES string of the molecule is CCOC(=O)CCN(C)C(=O)c1ccc(NC(c2sc3ccccc3c2C)C(CC)CC)cc1. The molecule has 182 valence electrons. The predicted molar refractivity (Wildman–Crippen MR) is 142 cm³/mol. The predicted octanol–water partition coefficient (Wildman–Crippen LogP) is 6.82. The first-order chi connectivity index (χ1) is 16.4. The molecule has 3 aromatic rings. The second kappa shape index (κ2) is 12.0. The van der Waals surface area contributed by atoms with Crippen LogP contribution in [0.2, 0.25) is 0 Å². The van der Waals surface area contributed by atoms with Gasteiger partial charge in [-0.25, -0.2) is 0 Å². The molecule has 3 rings (SSSR count). The molecule has 1 unspecified atom stereocenters. The Morgan fingerprint density at radius 3 is 2.32 bits per heavy atom. The number of carbonyl (C=O) groups is 2. The number of hydrogen-bond donors (Lipinski definition) is 1. The summed E-state index contributed by atoms with van der Waals surface area (Å²) in [5.41, 5.74) is 2.95. The Morgan fingerprint density at radius 2 is 1.71 bits per heavy atom. The normalized spacial score (nSPS) is 12.1. The van der Waals surface area contributed by atoms with E-state index in [-0.39, 0.29) is 24.3 Å². The van der Waals surface area contributed by atoms with Crippen LogP contribution in [-0.2, 0) is 9.53 Å². The van der Waals surface area contributed by atoms with E-state index >= 15 is 0 Å². The minimum Gasteiger partial charge on any atom is -0.466 e. The molecule has 0 fully saturated rings. The Bertz CT molecular complexity index is 1100. The van der Waals surface area contributed by atoms with E-state index in [1.807, 2.05) is 35.6 Å². The van der Waals surface area contributed by atoms with Gasteiger partial charge in [0.1, 0.15) is 0 Å². The van der Waals surface area contributed by atoms with Crippen LogP contribution in [0.1, 0.15) is 66.9 Å². The number of ether oxygens (including phenoxy) is 1. The van der Waals surface area contributed by atoms with Crippen molar-refractivity contribution < 1.29 is 14.3 Å². The van der Waals surface area contributed by atoms with Crippen LogP contribution >= 0.6 is 11.3 Å². The van der Waals surface area contributed by atoms with Gasteiger partial charge in [0.05, 0.1) is 19.1 Å². The Hall–Kier alpha value is -2.86. The van der Waals surface area contributed by atoms with Crippen molar-refractivity contribution in [1.82, 2.24) is 4.90 Å². The molecule has 0 spiro atoms. The van der Waals surface area contributed by atoms with Crippen molar-refractivity contribution in [1.29, 1.82) is 0 Å². The van der Waals surface area contributed by atoms with Crippen LogP contribution in [-0.4, -0.2) is 37.0 Å². The van der Waals surface area contributed by atoms with E-state index in [0.29, 0.717) is 24.6 Å². The summed E-state index contributed by atoms with van der Waals surface area (Å²) in [5.74, 6) is 0.112. The molecule has 1 atom stereocenters. The minimum atomic E-state index is -0.286. The van der Waals surface area contributed by atoms with Gasteiger partial charge in [-0.05, 0) is 61.0 Å². The van der Waals surface area contributed by atoms with Gasteiger partial charge < -0.3 is 15.0 Å². The van der Waals surface area contributed by atoms with Gasteiger partial charge in [-0.15, -0.1) is 11.3 Å². The van der Waals surface area contributed by atoms with Crippen LogP contribution in [0.5, 0.6) is 0 Å². The van der Waals surface area contributed by atoms with Crippen molar-refractivity contribution in [2.75, 3.05) is 25.5 Å². The number of esters is 1. The van der Waals surface area contributed by atoms with E-state index in [2.05, 4.69) is 50.4 Å². The highest BCUT2D eigenvalue weighted by molar-refractivity contribution is 7.19. The molecule has 2 aromatic carbocycles. The molecule has 0 aliphatic heterocycles. The lowest BCUT2D eigenvalue weighted by Crippen LogP contribution is -2.29. The number of fused-ring (bicyclic) bond motifs is 1. The zero-order valence-electron chi connectivity index (χ0n) is 20.9. The summed E-state index contributed by atoms with van der Waals surface area (Å²) < 4.78 is 6.27. The molecule has 1 amide bonds. The number of rotatable bonds is 11. The Kier molecular flexibility index (Phi) is 9.11. The number of thiophene rings is 1. The van der Waals surface area contributed by atoms with Crippen molar-refractivity contribution in [3.63, 3.8) is 0 Å². The Balaban J connectivity index is 1.77. The van der Waals surface area contributed by atoms with Gasteiger partial charge in [-0.2, -0.15) is 0 Å². The van der Waals surface area contributed by atoms with E-state index < -0.39 is 0 Å². The molecule has 1 aromatic heterocycles. The highest BCUT2D eigenvalue weighted by Crippen LogP contribution is 2.41. The van der Waals surface area contributed by atoms with Crippen LogP contribution in [0.4, 0.5) is 5.69 Å². The maximum absolute atomic E-state index is 12.8. The third-order valence-electron chi connectivity index (χ3n) is 6.44. The summed E-state index contributed by atoms with van der Waals surface area (Å²) in [6.07, 6.45) is 2.37. The average Bonchev–Trinajstić information content (AvgIpc) is 3.19. The number of nitrogens with zero attached hydrogens (tertiary/aromatic N) is 1. The lowest BCUT2D eigenvalue weighted by Gasteiger charge is -2.27. The summed E-state index contributed by atoms with van der Waals surface area (Å²) in [6, 6.07) is 16.5. The number of hydrogen-bond acceptors (Lipinski definition) is 5. The van der Waals surface area contributed by atoms with E-state index in [1.54, 1.807) is 18.9 Å². The van der Waals surface area contributed by atoms with E-state index in [4.69, 9.17) is 4.74 Å². The Labute approximate surface area is 207 Å². The Morgan fingerprint density at radius 1 is 1.03 bits per heavy atom. The van der Waals surface area contributed by atoms with Crippen molar-refractivity contribution in [3.05, 3.63) is 64.5 Å². The third kappa shape index (κ3) is 5.98. The van der Waals surface area contributed by atoms with Gasteiger partial charge in [0.15, 0.2) is 0 Å². The van der Waals surface area contributed by atoms with Crippen LogP contribution in [0.25, 0.3) is 10.1 Å². The van der Waals surface area contributed by atoms with Gasteiger partial charge in [-0.1, -0.05) is 44.9 Å². The van der Waals surface area contributed by atoms with Crippen LogP contribution in [0, 0.1) is 12.8 Å². The molecule has 0 bridgehead atoms. The summed E-state index contributed by atoms with van der Waals surface area (Å²) in [4.78, 5) is 27.3. The fourth-order valence-electron chi connectivity index (χ4n) is 4.35. The topological polar surface area (TPSA) is 58.6 Å². The lowest BCUT2D eigenvalue weighted by atomic mass is 9.91. The number of amides is 1. The van der Waals surface area contributed by atoms with E-state index in [1.165, 1.54) is 20.5 Å². The second-order valence-corrected chi connectivity index (χ2v) is 9.73. The number of anilines is 1. The zero-order chi connectivity index (χ0) is 24.7. The number of carbonyl (C=O) groups excluding carboxylic acids is 2. The van der Waals surface area contributed by atoms with E-state index in [0.717, 1.165) is 18.5 Å². The summed E-state index contributed by atoms with van der Waals surface area (Å²) in [5, 5.41) is 5.10. The smallest absolute Gasteiger partial charge is 0.307 e. The van der Waals surface area contributed by atoms with E-state index in [9.17, 15) is 9.59 Å². The highest BCUT2D eigenvalue weighted by atomic mass is 32.1. The van der Waals surface area contributed by atoms with Gasteiger partial charge in [0, 0.05) is 34.4 Å². The first-order valence-electron chi connectivity index (χ1n) is 12.1. The average molecular weight is 481 g/mol. The van der Waals surface area contributed by atoms with Crippen molar-refractivity contribution in [2.24, 2.45) is 5.92 Å².